The van der Waals surface area contributed by atoms with E-state index < -0.39 is 0 Å². The average molecular weight is 348 g/mol. The van der Waals surface area contributed by atoms with Gasteiger partial charge in [-0.2, -0.15) is 0 Å². The molecule has 3 rings (SSSR count). The van der Waals surface area contributed by atoms with E-state index in [4.69, 9.17) is 15.2 Å². The lowest BCUT2D eigenvalue weighted by atomic mass is 10.0. The van der Waals surface area contributed by atoms with Crippen molar-refractivity contribution in [2.24, 2.45) is 0 Å². The van der Waals surface area contributed by atoms with Gasteiger partial charge < -0.3 is 15.2 Å². The first kappa shape index (κ1) is 13.9. The Morgan fingerprint density at radius 1 is 1.33 bits per heavy atom. The summed E-state index contributed by atoms with van der Waals surface area (Å²) in [6, 6.07) is 12.8. The number of carbonyl (C=O) groups is 1. The van der Waals surface area contributed by atoms with E-state index in [-0.39, 0.29) is 11.9 Å². The summed E-state index contributed by atoms with van der Waals surface area (Å²) in [6.45, 7) is 0.829. The molecule has 1 unspecified atom stereocenters. The maximum absolute atomic E-state index is 12.1. The van der Waals surface area contributed by atoms with Gasteiger partial charge in [-0.15, -0.1) is 0 Å². The minimum absolute atomic E-state index is 0.0784. The first-order valence-electron chi connectivity index (χ1n) is 6.58. The summed E-state index contributed by atoms with van der Waals surface area (Å²) < 4.78 is 11.7. The van der Waals surface area contributed by atoms with E-state index in [0.29, 0.717) is 24.5 Å². The number of fused-ring (bicyclic) bond motifs is 1. The normalized spacial score (nSPS) is 16.1. The van der Waals surface area contributed by atoms with Crippen LogP contribution < -0.4 is 10.5 Å². The van der Waals surface area contributed by atoms with E-state index in [2.05, 4.69) is 15.9 Å². The molecular formula is C16H14BrNO3. The maximum atomic E-state index is 12.1. The van der Waals surface area contributed by atoms with E-state index in [1.54, 1.807) is 18.2 Å². The second-order valence-corrected chi connectivity index (χ2v) is 5.83. The predicted octanol–water partition coefficient (Wildman–Crippen LogP) is 3.36. The molecule has 1 atom stereocenters. The van der Waals surface area contributed by atoms with Gasteiger partial charge in [0.2, 0.25) is 0 Å². The first-order chi connectivity index (χ1) is 10.1. The predicted molar refractivity (Wildman–Crippen MR) is 83.5 cm³/mol. The molecule has 0 aliphatic carbocycles. The van der Waals surface area contributed by atoms with Crippen molar-refractivity contribution in [1.82, 2.24) is 0 Å². The van der Waals surface area contributed by atoms with E-state index >= 15 is 0 Å². The summed E-state index contributed by atoms with van der Waals surface area (Å²) in [6.07, 6.45) is 0. The van der Waals surface area contributed by atoms with Gasteiger partial charge in [0.25, 0.3) is 0 Å². The monoisotopic (exact) mass is 347 g/mol. The number of ether oxygens (including phenoxy) is 2. The third-order valence-corrected chi connectivity index (χ3v) is 3.83. The molecule has 21 heavy (non-hydrogen) atoms. The van der Waals surface area contributed by atoms with Crippen LogP contribution in [-0.4, -0.2) is 19.2 Å². The Bertz CT molecular complexity index is 667. The lowest BCUT2D eigenvalue weighted by Gasteiger charge is -2.10. The van der Waals surface area contributed by atoms with Crippen molar-refractivity contribution in [2.75, 3.05) is 18.9 Å². The maximum Gasteiger partial charge on any atom is 0.338 e. The summed E-state index contributed by atoms with van der Waals surface area (Å²) in [5, 5.41) is 0. The van der Waals surface area contributed by atoms with Crippen LogP contribution in [0.1, 0.15) is 21.8 Å². The zero-order chi connectivity index (χ0) is 14.8. The zero-order valence-electron chi connectivity index (χ0n) is 11.2. The van der Waals surface area contributed by atoms with E-state index in [1.807, 2.05) is 24.3 Å². The minimum atomic E-state index is -0.382. The van der Waals surface area contributed by atoms with Crippen molar-refractivity contribution in [1.29, 1.82) is 0 Å². The quantitative estimate of drug-likeness (QED) is 0.683. The highest BCUT2D eigenvalue weighted by atomic mass is 79.9. The molecule has 0 radical (unpaired) electrons. The molecule has 2 N–H and O–H groups in total. The topological polar surface area (TPSA) is 61.6 Å². The zero-order valence-corrected chi connectivity index (χ0v) is 12.8. The molecule has 0 fully saturated rings. The van der Waals surface area contributed by atoms with Crippen LogP contribution in [0.25, 0.3) is 0 Å². The van der Waals surface area contributed by atoms with Gasteiger partial charge in [0.05, 0.1) is 18.1 Å². The standard InChI is InChI=1S/C16H14BrNO3/c17-12-5-10(6-13(18)7-12)16(19)21-9-11-8-20-15-4-2-1-3-14(11)15/h1-7,11H,8-9,18H2. The van der Waals surface area contributed by atoms with Crippen LogP contribution in [0.5, 0.6) is 5.75 Å². The number of rotatable bonds is 3. The molecule has 2 aromatic carbocycles. The molecule has 2 aromatic rings. The fraction of sp³-hybridized carbons (Fsp3) is 0.188. The minimum Gasteiger partial charge on any atom is -0.493 e. The highest BCUT2D eigenvalue weighted by molar-refractivity contribution is 9.10. The lowest BCUT2D eigenvalue weighted by Crippen LogP contribution is -2.14. The van der Waals surface area contributed by atoms with Crippen LogP contribution in [0.2, 0.25) is 0 Å². The first-order valence-corrected chi connectivity index (χ1v) is 7.37. The van der Waals surface area contributed by atoms with Gasteiger partial charge in [-0.05, 0) is 24.3 Å². The number of carbonyl (C=O) groups excluding carboxylic acids is 1. The molecule has 108 valence electrons. The van der Waals surface area contributed by atoms with Gasteiger partial charge in [0.1, 0.15) is 12.4 Å². The van der Waals surface area contributed by atoms with Crippen molar-refractivity contribution in [2.45, 2.75) is 5.92 Å². The third kappa shape index (κ3) is 3.03. The fourth-order valence-corrected chi connectivity index (χ4v) is 2.87. The van der Waals surface area contributed by atoms with Gasteiger partial charge >= 0.3 is 5.97 Å². The molecule has 0 spiro atoms. The number of halogens is 1. The molecule has 4 nitrogen and oxygen atoms in total. The average Bonchev–Trinajstić information content (AvgIpc) is 2.87. The van der Waals surface area contributed by atoms with Gasteiger partial charge in [0, 0.05) is 15.7 Å². The third-order valence-electron chi connectivity index (χ3n) is 3.37. The van der Waals surface area contributed by atoms with Crippen molar-refractivity contribution in [3.8, 4) is 5.75 Å². The number of hydrogen-bond donors (Lipinski definition) is 1. The highest BCUT2D eigenvalue weighted by Crippen LogP contribution is 2.33. The van der Waals surface area contributed by atoms with Crippen molar-refractivity contribution >= 4 is 27.6 Å². The Morgan fingerprint density at radius 2 is 2.14 bits per heavy atom. The Kier molecular flexibility index (Phi) is 3.84. The van der Waals surface area contributed by atoms with Gasteiger partial charge in [-0.3, -0.25) is 0 Å². The van der Waals surface area contributed by atoms with Crippen LogP contribution in [0.3, 0.4) is 0 Å². The molecule has 0 amide bonds. The van der Waals surface area contributed by atoms with Crippen LogP contribution in [0.4, 0.5) is 5.69 Å². The number of nitrogens with two attached hydrogens (primary N) is 1. The molecule has 0 aromatic heterocycles. The second kappa shape index (κ2) is 5.77. The fourth-order valence-electron chi connectivity index (χ4n) is 2.36. The molecule has 1 aliphatic heterocycles. The summed E-state index contributed by atoms with van der Waals surface area (Å²) >= 11 is 3.31. The largest absolute Gasteiger partial charge is 0.493 e. The highest BCUT2D eigenvalue weighted by Gasteiger charge is 2.25. The van der Waals surface area contributed by atoms with Gasteiger partial charge in [-0.1, -0.05) is 34.1 Å². The number of para-hydroxylation sites is 1. The SMILES string of the molecule is Nc1cc(Br)cc(C(=O)OCC2COc3ccccc32)c1. The molecular weight excluding hydrogens is 334 g/mol. The number of hydrogen-bond acceptors (Lipinski definition) is 4. The smallest absolute Gasteiger partial charge is 0.338 e. The Hall–Kier alpha value is -2.01. The molecule has 5 heteroatoms. The van der Waals surface area contributed by atoms with Crippen LogP contribution in [0, 0.1) is 0 Å². The molecule has 0 saturated carbocycles. The lowest BCUT2D eigenvalue weighted by molar-refractivity contribution is 0.0470. The van der Waals surface area contributed by atoms with E-state index in [1.165, 1.54) is 0 Å². The van der Waals surface area contributed by atoms with Crippen molar-refractivity contribution in [3.63, 3.8) is 0 Å². The number of anilines is 1. The Labute approximate surface area is 131 Å². The molecule has 1 aliphatic rings. The summed E-state index contributed by atoms with van der Waals surface area (Å²) in [5.41, 5.74) is 7.76. The summed E-state index contributed by atoms with van der Waals surface area (Å²) in [5.74, 6) is 0.562. The number of nitrogen functional groups attached to an aromatic ring is 1. The molecule has 0 saturated heterocycles. The van der Waals surface area contributed by atoms with Crippen molar-refractivity contribution < 1.29 is 14.3 Å². The van der Waals surface area contributed by atoms with Gasteiger partial charge in [-0.25, -0.2) is 4.79 Å². The summed E-state index contributed by atoms with van der Waals surface area (Å²) in [7, 11) is 0. The number of benzene rings is 2. The van der Waals surface area contributed by atoms with E-state index in [0.717, 1.165) is 15.8 Å². The van der Waals surface area contributed by atoms with Crippen LogP contribution in [0.15, 0.2) is 46.9 Å². The Balaban J connectivity index is 1.67. The molecule has 1 heterocycles. The van der Waals surface area contributed by atoms with E-state index in [9.17, 15) is 4.79 Å². The Morgan fingerprint density at radius 3 is 2.95 bits per heavy atom. The number of esters is 1. The van der Waals surface area contributed by atoms with Gasteiger partial charge in [0.15, 0.2) is 0 Å². The van der Waals surface area contributed by atoms with Crippen LogP contribution >= 0.6 is 15.9 Å². The summed E-state index contributed by atoms with van der Waals surface area (Å²) in [4.78, 5) is 12.1. The van der Waals surface area contributed by atoms with Crippen molar-refractivity contribution in [3.05, 3.63) is 58.1 Å². The second-order valence-electron chi connectivity index (χ2n) is 4.92. The molecule has 0 bridgehead atoms. The van der Waals surface area contributed by atoms with Crippen LogP contribution in [-0.2, 0) is 4.74 Å².